The molecule has 0 amide bonds. The molecular formula is C13H13F3O. The van der Waals surface area contributed by atoms with Gasteiger partial charge in [-0.3, -0.25) is 4.79 Å². The molecule has 2 unspecified atom stereocenters. The zero-order valence-electron chi connectivity index (χ0n) is 9.47. The van der Waals surface area contributed by atoms with E-state index in [0.29, 0.717) is 18.6 Å². The summed E-state index contributed by atoms with van der Waals surface area (Å²) in [5, 5.41) is 0. The van der Waals surface area contributed by atoms with Crippen molar-refractivity contribution in [1.82, 2.24) is 0 Å². The van der Waals surface area contributed by atoms with Crippen LogP contribution in [0.15, 0.2) is 12.1 Å². The maximum Gasteiger partial charge on any atom is 0.172 e. The molecule has 0 heterocycles. The van der Waals surface area contributed by atoms with Crippen molar-refractivity contribution in [2.75, 3.05) is 0 Å². The molecule has 92 valence electrons. The third-order valence-corrected chi connectivity index (χ3v) is 3.45. The Morgan fingerprint density at radius 1 is 1.18 bits per heavy atom. The van der Waals surface area contributed by atoms with Crippen molar-refractivity contribution in [2.45, 2.75) is 26.2 Å². The number of benzene rings is 1. The molecule has 1 aromatic carbocycles. The van der Waals surface area contributed by atoms with Gasteiger partial charge in [-0.15, -0.1) is 0 Å². The van der Waals surface area contributed by atoms with E-state index in [4.69, 9.17) is 0 Å². The van der Waals surface area contributed by atoms with Gasteiger partial charge in [0.15, 0.2) is 5.78 Å². The zero-order valence-corrected chi connectivity index (χ0v) is 9.47. The molecule has 1 fully saturated rings. The molecule has 0 aliphatic heterocycles. The molecule has 2 atom stereocenters. The first kappa shape index (κ1) is 12.1. The quantitative estimate of drug-likeness (QED) is 0.722. The van der Waals surface area contributed by atoms with Crippen molar-refractivity contribution < 1.29 is 18.0 Å². The van der Waals surface area contributed by atoms with Gasteiger partial charge >= 0.3 is 0 Å². The first-order valence-electron chi connectivity index (χ1n) is 5.69. The lowest BCUT2D eigenvalue weighted by molar-refractivity contribution is 0.0888. The summed E-state index contributed by atoms with van der Waals surface area (Å²) in [6.45, 7) is 1.90. The van der Waals surface area contributed by atoms with Crippen molar-refractivity contribution in [3.05, 3.63) is 35.1 Å². The molecule has 0 radical (unpaired) electrons. The Balaban J connectivity index is 2.37. The van der Waals surface area contributed by atoms with Crippen LogP contribution in [0.4, 0.5) is 13.2 Å². The van der Waals surface area contributed by atoms with E-state index >= 15 is 0 Å². The van der Waals surface area contributed by atoms with E-state index < -0.39 is 28.8 Å². The van der Waals surface area contributed by atoms with E-state index in [0.717, 1.165) is 12.8 Å². The second kappa shape index (κ2) is 4.51. The highest BCUT2D eigenvalue weighted by Gasteiger charge is 2.33. The first-order valence-corrected chi connectivity index (χ1v) is 5.69. The molecule has 1 aliphatic rings. The zero-order chi connectivity index (χ0) is 12.6. The van der Waals surface area contributed by atoms with Gasteiger partial charge in [-0.05, 0) is 18.8 Å². The number of carbonyl (C=O) groups excluding carboxylic acids is 1. The molecule has 1 aliphatic carbocycles. The Labute approximate surface area is 97.6 Å². The summed E-state index contributed by atoms with van der Waals surface area (Å²) in [5.74, 6) is -3.96. The summed E-state index contributed by atoms with van der Waals surface area (Å²) in [4.78, 5) is 12.0. The van der Waals surface area contributed by atoms with Crippen LogP contribution in [-0.4, -0.2) is 5.78 Å². The summed E-state index contributed by atoms with van der Waals surface area (Å²) in [6, 6.07) is 1.10. The first-order chi connectivity index (χ1) is 8.00. The van der Waals surface area contributed by atoms with Gasteiger partial charge in [-0.2, -0.15) is 0 Å². The van der Waals surface area contributed by atoms with Gasteiger partial charge in [-0.25, -0.2) is 13.2 Å². The summed E-state index contributed by atoms with van der Waals surface area (Å²) >= 11 is 0. The number of ketones is 1. The van der Waals surface area contributed by atoms with Gasteiger partial charge in [0.05, 0.1) is 5.56 Å². The van der Waals surface area contributed by atoms with Gasteiger partial charge in [-0.1, -0.05) is 13.3 Å². The van der Waals surface area contributed by atoms with E-state index in [-0.39, 0.29) is 11.8 Å². The lowest BCUT2D eigenvalue weighted by atomic mass is 9.89. The number of halogens is 3. The normalized spacial score (nSPS) is 24.0. The Bertz CT molecular complexity index is 433. The van der Waals surface area contributed by atoms with Gasteiger partial charge in [0, 0.05) is 18.1 Å². The van der Waals surface area contributed by atoms with E-state index in [1.807, 2.05) is 6.92 Å². The van der Waals surface area contributed by atoms with Crippen LogP contribution in [0.2, 0.25) is 0 Å². The minimum atomic E-state index is -1.11. The Kier molecular flexibility index (Phi) is 3.22. The third kappa shape index (κ3) is 2.21. The monoisotopic (exact) mass is 242 g/mol. The molecule has 4 heteroatoms. The molecule has 0 spiro atoms. The molecule has 0 bridgehead atoms. The molecule has 2 rings (SSSR count). The predicted molar refractivity (Wildman–Crippen MR) is 57.2 cm³/mol. The van der Waals surface area contributed by atoms with Gasteiger partial charge < -0.3 is 0 Å². The fraction of sp³-hybridized carbons (Fsp3) is 0.462. The summed E-state index contributed by atoms with van der Waals surface area (Å²) in [6.07, 6.45) is 2.43. The highest BCUT2D eigenvalue weighted by molar-refractivity contribution is 5.98. The summed E-state index contributed by atoms with van der Waals surface area (Å²) in [7, 11) is 0. The summed E-state index contributed by atoms with van der Waals surface area (Å²) in [5.41, 5.74) is -0.592. The SMILES string of the molecule is CC1CCCC1C(=O)c1c(F)cc(F)cc1F. The van der Waals surface area contributed by atoms with Crippen molar-refractivity contribution in [3.63, 3.8) is 0 Å². The third-order valence-electron chi connectivity index (χ3n) is 3.45. The molecule has 0 N–H and O–H groups in total. The largest absolute Gasteiger partial charge is 0.294 e. The Morgan fingerprint density at radius 2 is 1.76 bits per heavy atom. The minimum Gasteiger partial charge on any atom is -0.294 e. The second-order valence-electron chi connectivity index (χ2n) is 4.62. The molecule has 17 heavy (non-hydrogen) atoms. The maximum absolute atomic E-state index is 13.4. The Morgan fingerprint density at radius 3 is 2.24 bits per heavy atom. The van der Waals surface area contributed by atoms with Gasteiger partial charge in [0.2, 0.25) is 0 Å². The molecule has 0 aromatic heterocycles. The van der Waals surface area contributed by atoms with Crippen LogP contribution in [0.25, 0.3) is 0 Å². The number of carbonyl (C=O) groups is 1. The average molecular weight is 242 g/mol. The van der Waals surface area contributed by atoms with Crippen molar-refractivity contribution in [2.24, 2.45) is 11.8 Å². The molecule has 1 saturated carbocycles. The topological polar surface area (TPSA) is 17.1 Å². The standard InChI is InChI=1S/C13H13F3O/c1-7-3-2-4-9(7)13(17)12-10(15)5-8(14)6-11(12)16/h5-7,9H,2-4H2,1H3. The van der Waals surface area contributed by atoms with Crippen LogP contribution < -0.4 is 0 Å². The lowest BCUT2D eigenvalue weighted by Crippen LogP contribution is -2.20. The van der Waals surface area contributed by atoms with Crippen LogP contribution in [0.3, 0.4) is 0 Å². The fourth-order valence-corrected chi connectivity index (χ4v) is 2.50. The molecule has 1 nitrogen and oxygen atoms in total. The van der Waals surface area contributed by atoms with Crippen LogP contribution in [0.5, 0.6) is 0 Å². The molecule has 0 saturated heterocycles. The van der Waals surface area contributed by atoms with Crippen molar-refractivity contribution in [1.29, 1.82) is 0 Å². The number of hydrogen-bond donors (Lipinski definition) is 0. The fourth-order valence-electron chi connectivity index (χ4n) is 2.50. The average Bonchev–Trinajstić information content (AvgIpc) is 2.62. The number of Topliss-reactive ketones (excluding diaryl/α,β-unsaturated/α-hetero) is 1. The second-order valence-corrected chi connectivity index (χ2v) is 4.62. The van der Waals surface area contributed by atoms with Crippen molar-refractivity contribution in [3.8, 4) is 0 Å². The number of hydrogen-bond acceptors (Lipinski definition) is 1. The summed E-state index contributed by atoms with van der Waals surface area (Å²) < 4.78 is 39.6. The minimum absolute atomic E-state index is 0.131. The highest BCUT2D eigenvalue weighted by atomic mass is 19.1. The van der Waals surface area contributed by atoms with Crippen molar-refractivity contribution >= 4 is 5.78 Å². The smallest absolute Gasteiger partial charge is 0.172 e. The van der Waals surface area contributed by atoms with Gasteiger partial charge in [0.25, 0.3) is 0 Å². The Hall–Kier alpha value is -1.32. The highest BCUT2D eigenvalue weighted by Crippen LogP contribution is 2.34. The van der Waals surface area contributed by atoms with Gasteiger partial charge in [0.1, 0.15) is 17.5 Å². The van der Waals surface area contributed by atoms with Crippen LogP contribution in [-0.2, 0) is 0 Å². The maximum atomic E-state index is 13.4. The predicted octanol–water partition coefficient (Wildman–Crippen LogP) is 3.72. The van der Waals surface area contributed by atoms with Crippen LogP contribution in [0.1, 0.15) is 36.5 Å². The van der Waals surface area contributed by atoms with E-state index in [1.165, 1.54) is 0 Å². The van der Waals surface area contributed by atoms with Crippen LogP contribution >= 0.6 is 0 Å². The molecular weight excluding hydrogens is 229 g/mol. The van der Waals surface area contributed by atoms with E-state index in [2.05, 4.69) is 0 Å². The van der Waals surface area contributed by atoms with Crippen LogP contribution in [0, 0.1) is 29.3 Å². The number of rotatable bonds is 2. The lowest BCUT2D eigenvalue weighted by Gasteiger charge is -2.14. The van der Waals surface area contributed by atoms with E-state index in [1.54, 1.807) is 0 Å². The van der Waals surface area contributed by atoms with E-state index in [9.17, 15) is 18.0 Å². The molecule has 1 aromatic rings.